The molecule has 0 radical (unpaired) electrons. The Hall–Kier alpha value is -0.500. The number of unbranched alkanes of at least 4 members (excludes halogenated alkanes) is 35. The van der Waals surface area contributed by atoms with Crippen LogP contribution in [0.25, 0.3) is 0 Å². The third kappa shape index (κ3) is 44.6. The highest BCUT2D eigenvalue weighted by atomic mass is 31.2. The second-order valence-corrected chi connectivity index (χ2v) is 18.2. The van der Waals surface area contributed by atoms with Crippen molar-refractivity contribution in [1.29, 1.82) is 0 Å². The summed E-state index contributed by atoms with van der Waals surface area (Å²) in [4.78, 5) is 22.5. The highest BCUT2D eigenvalue weighted by molar-refractivity contribution is 7.47. The molecule has 0 spiro atoms. The minimum absolute atomic E-state index is 0.0899. The van der Waals surface area contributed by atoms with Crippen LogP contribution in [0.5, 0.6) is 0 Å². The van der Waals surface area contributed by atoms with Crippen molar-refractivity contribution in [1.82, 2.24) is 0 Å². The van der Waals surface area contributed by atoms with Gasteiger partial charge in [0, 0.05) is 19.6 Å². The van der Waals surface area contributed by atoms with Crippen LogP contribution in [0.3, 0.4) is 0 Å². The van der Waals surface area contributed by atoms with Crippen molar-refractivity contribution in [3.63, 3.8) is 0 Å². The van der Waals surface area contributed by atoms with Gasteiger partial charge in [0.2, 0.25) is 0 Å². The number of phosphoric acid groups is 1. The first kappa shape index (κ1) is 55.5. The predicted octanol–water partition coefficient (Wildman–Crippen LogP) is 14.9. The van der Waals surface area contributed by atoms with Crippen molar-refractivity contribution in [2.75, 3.05) is 33.0 Å². The average Bonchev–Trinajstić information content (AvgIpc) is 3.19. The van der Waals surface area contributed by atoms with Crippen molar-refractivity contribution in [2.45, 2.75) is 264 Å². The van der Waals surface area contributed by atoms with E-state index in [1.54, 1.807) is 0 Å². The molecule has 0 aliphatic heterocycles. The van der Waals surface area contributed by atoms with Crippen molar-refractivity contribution in [3.05, 3.63) is 0 Å². The van der Waals surface area contributed by atoms with Gasteiger partial charge >= 0.3 is 13.8 Å². The lowest BCUT2D eigenvalue weighted by Crippen LogP contribution is -2.28. The SMILES string of the molecule is CCCCCCCCCCCCCCCCCCCCCCCCCCC(=O)OC(COCCCCCCCCCCCCCCC)COP(=O)(O)OCCN. The maximum absolute atomic E-state index is 12.6. The van der Waals surface area contributed by atoms with E-state index in [0.717, 1.165) is 32.1 Å². The smallest absolute Gasteiger partial charge is 0.457 e. The number of hydrogen-bond donors (Lipinski definition) is 2. The molecule has 2 unspecified atom stereocenters. The molecule has 0 saturated heterocycles. The molecule has 0 aromatic heterocycles. The van der Waals surface area contributed by atoms with Crippen LogP contribution in [-0.4, -0.2) is 49.9 Å². The molecule has 0 heterocycles. The molecule has 0 bridgehead atoms. The summed E-state index contributed by atoms with van der Waals surface area (Å²) in [6.07, 6.45) is 48.5. The van der Waals surface area contributed by atoms with E-state index < -0.39 is 13.9 Å². The zero-order valence-corrected chi connectivity index (χ0v) is 38.3. The van der Waals surface area contributed by atoms with Crippen LogP contribution in [0, 0.1) is 0 Å². The zero-order valence-electron chi connectivity index (χ0n) is 37.4. The summed E-state index contributed by atoms with van der Waals surface area (Å²) in [5.41, 5.74) is 5.38. The molecule has 56 heavy (non-hydrogen) atoms. The fourth-order valence-corrected chi connectivity index (χ4v) is 8.18. The summed E-state index contributed by atoms with van der Waals surface area (Å²) in [6.45, 7) is 4.99. The van der Waals surface area contributed by atoms with E-state index in [1.165, 1.54) is 205 Å². The van der Waals surface area contributed by atoms with Crippen LogP contribution in [0.2, 0.25) is 0 Å². The van der Waals surface area contributed by atoms with Gasteiger partial charge in [-0.05, 0) is 12.8 Å². The highest BCUT2D eigenvalue weighted by Crippen LogP contribution is 2.43. The normalized spacial score (nSPS) is 13.3. The molecule has 0 aliphatic rings. The molecule has 8 nitrogen and oxygen atoms in total. The predicted molar refractivity (Wildman–Crippen MR) is 238 cm³/mol. The van der Waals surface area contributed by atoms with Crippen molar-refractivity contribution in [3.8, 4) is 0 Å². The van der Waals surface area contributed by atoms with Crippen molar-refractivity contribution in [2.24, 2.45) is 5.73 Å². The van der Waals surface area contributed by atoms with Crippen LogP contribution >= 0.6 is 7.82 Å². The van der Waals surface area contributed by atoms with Crippen molar-refractivity contribution < 1.29 is 32.8 Å². The lowest BCUT2D eigenvalue weighted by Gasteiger charge is -2.20. The maximum atomic E-state index is 12.6. The van der Waals surface area contributed by atoms with E-state index in [9.17, 15) is 14.3 Å². The van der Waals surface area contributed by atoms with E-state index in [4.69, 9.17) is 24.3 Å². The van der Waals surface area contributed by atoms with E-state index in [-0.39, 0.29) is 32.3 Å². The number of nitrogens with two attached hydrogens (primary N) is 1. The summed E-state index contributed by atoms with van der Waals surface area (Å²) >= 11 is 0. The molecule has 0 aromatic carbocycles. The fourth-order valence-electron chi connectivity index (χ4n) is 7.41. The molecule has 0 fully saturated rings. The topological polar surface area (TPSA) is 117 Å². The summed E-state index contributed by atoms with van der Waals surface area (Å²) in [6, 6.07) is 0. The third-order valence-corrected chi connectivity index (χ3v) is 12.0. The first-order valence-electron chi connectivity index (χ1n) is 24.5. The summed E-state index contributed by atoms with van der Waals surface area (Å²) < 4.78 is 33.5. The Bertz CT molecular complexity index is 832. The minimum Gasteiger partial charge on any atom is -0.457 e. The van der Waals surface area contributed by atoms with E-state index >= 15 is 0 Å². The monoisotopic (exact) mass is 818 g/mol. The van der Waals surface area contributed by atoms with Gasteiger partial charge in [-0.15, -0.1) is 0 Å². The third-order valence-electron chi connectivity index (χ3n) is 11.0. The number of carbonyl (C=O) groups excluding carboxylic acids is 1. The highest BCUT2D eigenvalue weighted by Gasteiger charge is 2.25. The van der Waals surface area contributed by atoms with Gasteiger partial charge in [-0.25, -0.2) is 4.57 Å². The van der Waals surface area contributed by atoms with E-state index in [2.05, 4.69) is 13.8 Å². The van der Waals surface area contributed by atoms with Gasteiger partial charge < -0.3 is 20.1 Å². The first-order valence-corrected chi connectivity index (χ1v) is 26.0. The van der Waals surface area contributed by atoms with Gasteiger partial charge in [0.05, 0.1) is 19.8 Å². The molecular formula is C47H96NO7P. The molecule has 0 saturated carbocycles. The van der Waals surface area contributed by atoms with Crippen LogP contribution in [0.1, 0.15) is 258 Å². The first-order chi connectivity index (χ1) is 27.4. The molecule has 0 rings (SSSR count). The summed E-state index contributed by atoms with van der Waals surface area (Å²) in [5.74, 6) is -0.322. The standard InChI is InChI=1S/C47H96NO7P/c1-3-5-7-9-11-13-15-17-18-19-20-21-22-23-24-25-26-27-28-30-32-34-36-38-40-47(49)55-46(45-54-56(50,51)53-43-41-48)44-52-42-39-37-35-33-31-29-16-14-12-10-8-6-4-2/h46H,3-45,48H2,1-2H3,(H,50,51). The number of rotatable bonds is 48. The molecule has 0 aliphatic carbocycles. The Labute approximate surface area is 348 Å². The van der Waals surface area contributed by atoms with Gasteiger partial charge in [0.25, 0.3) is 0 Å². The summed E-state index contributed by atoms with van der Waals surface area (Å²) in [7, 11) is -4.27. The van der Waals surface area contributed by atoms with Crippen LogP contribution in [-0.2, 0) is 27.9 Å². The Kier molecular flexibility index (Phi) is 45.2. The van der Waals surface area contributed by atoms with Crippen LogP contribution in [0.15, 0.2) is 0 Å². The second kappa shape index (κ2) is 45.6. The molecule has 9 heteroatoms. The van der Waals surface area contributed by atoms with Crippen LogP contribution < -0.4 is 5.73 Å². The molecule has 2 atom stereocenters. The Morgan fingerprint density at radius 2 is 0.786 bits per heavy atom. The lowest BCUT2D eigenvalue weighted by molar-refractivity contribution is -0.154. The minimum atomic E-state index is -4.27. The number of phosphoric ester groups is 1. The maximum Gasteiger partial charge on any atom is 0.472 e. The molecular weight excluding hydrogens is 721 g/mol. The van der Waals surface area contributed by atoms with E-state index in [0.29, 0.717) is 13.0 Å². The van der Waals surface area contributed by atoms with Crippen molar-refractivity contribution >= 4 is 13.8 Å². The molecule has 336 valence electrons. The van der Waals surface area contributed by atoms with Gasteiger partial charge in [0.1, 0.15) is 6.10 Å². The average molecular weight is 818 g/mol. The van der Waals surface area contributed by atoms with Gasteiger partial charge in [-0.3, -0.25) is 13.8 Å². The Morgan fingerprint density at radius 3 is 1.12 bits per heavy atom. The van der Waals surface area contributed by atoms with E-state index in [1.807, 2.05) is 0 Å². The second-order valence-electron chi connectivity index (χ2n) is 16.7. The molecule has 0 aromatic rings. The molecule has 3 N–H and O–H groups in total. The van der Waals surface area contributed by atoms with Crippen LogP contribution in [0.4, 0.5) is 0 Å². The van der Waals surface area contributed by atoms with Gasteiger partial charge in [-0.1, -0.05) is 239 Å². The number of ether oxygens (including phenoxy) is 2. The number of hydrogen-bond acceptors (Lipinski definition) is 7. The Balaban J connectivity index is 3.84. The van der Waals surface area contributed by atoms with Gasteiger partial charge in [-0.2, -0.15) is 0 Å². The summed E-state index contributed by atoms with van der Waals surface area (Å²) in [5, 5.41) is 0. The largest absolute Gasteiger partial charge is 0.472 e. The lowest BCUT2D eigenvalue weighted by atomic mass is 10.0. The van der Waals surface area contributed by atoms with Gasteiger partial charge in [0.15, 0.2) is 0 Å². The zero-order chi connectivity index (χ0) is 40.9. The Morgan fingerprint density at radius 1 is 0.464 bits per heavy atom. The number of carbonyl (C=O) groups is 1. The molecule has 0 amide bonds. The fraction of sp³-hybridized carbons (Fsp3) is 0.979. The number of esters is 1. The quantitative estimate of drug-likeness (QED) is 0.0354.